The highest BCUT2D eigenvalue weighted by atomic mass is 16.5. The molecule has 0 aliphatic carbocycles. The first kappa shape index (κ1) is 16.6. The van der Waals surface area contributed by atoms with Gasteiger partial charge in [-0.05, 0) is 25.5 Å². The van der Waals surface area contributed by atoms with Crippen molar-refractivity contribution in [3.8, 4) is 0 Å². The van der Waals surface area contributed by atoms with Crippen molar-refractivity contribution in [3.63, 3.8) is 0 Å². The Morgan fingerprint density at radius 1 is 1.18 bits per heavy atom. The van der Waals surface area contributed by atoms with Gasteiger partial charge in [-0.15, -0.1) is 0 Å². The molecular formula is C17H28N4O. The summed E-state index contributed by atoms with van der Waals surface area (Å²) in [5, 5.41) is 3.43. The summed E-state index contributed by atoms with van der Waals surface area (Å²) in [6.45, 7) is 8.59. The van der Waals surface area contributed by atoms with Gasteiger partial charge in [-0.1, -0.05) is 18.2 Å². The molecule has 1 aromatic carbocycles. The lowest BCUT2D eigenvalue weighted by Gasteiger charge is -2.37. The van der Waals surface area contributed by atoms with Crippen molar-refractivity contribution in [3.05, 3.63) is 30.3 Å². The molecule has 2 rings (SSSR count). The fraction of sp³-hybridized carbons (Fsp3) is 0.588. The van der Waals surface area contributed by atoms with Crippen LogP contribution in [0.2, 0.25) is 0 Å². The average molecular weight is 304 g/mol. The number of hydrogen-bond acceptors (Lipinski definition) is 3. The van der Waals surface area contributed by atoms with Crippen molar-refractivity contribution in [2.24, 2.45) is 4.99 Å². The summed E-state index contributed by atoms with van der Waals surface area (Å²) in [6, 6.07) is 10.6. The topological polar surface area (TPSA) is 40.1 Å². The molecule has 22 heavy (non-hydrogen) atoms. The highest BCUT2D eigenvalue weighted by Gasteiger charge is 2.19. The standard InChI is InChI=1S/C17H28N4O/c1-3-22-15-7-10-19-17(18-2)21-13-11-20(12-14-21)16-8-5-4-6-9-16/h4-6,8-9H,3,7,10-15H2,1-2H3,(H,18,19). The van der Waals surface area contributed by atoms with Gasteiger partial charge in [-0.3, -0.25) is 4.99 Å². The van der Waals surface area contributed by atoms with Crippen LogP contribution in [0.15, 0.2) is 35.3 Å². The molecule has 1 aromatic rings. The van der Waals surface area contributed by atoms with Crippen LogP contribution in [0.4, 0.5) is 5.69 Å². The number of benzene rings is 1. The van der Waals surface area contributed by atoms with E-state index in [0.717, 1.165) is 58.3 Å². The molecule has 0 spiro atoms. The minimum Gasteiger partial charge on any atom is -0.382 e. The molecule has 1 N–H and O–H groups in total. The molecule has 0 amide bonds. The fourth-order valence-corrected chi connectivity index (χ4v) is 2.67. The zero-order valence-corrected chi connectivity index (χ0v) is 13.8. The van der Waals surface area contributed by atoms with Crippen molar-refractivity contribution in [2.45, 2.75) is 13.3 Å². The van der Waals surface area contributed by atoms with Crippen molar-refractivity contribution < 1.29 is 4.74 Å². The second-order valence-electron chi connectivity index (χ2n) is 5.33. The van der Waals surface area contributed by atoms with Crippen LogP contribution < -0.4 is 10.2 Å². The molecule has 1 aliphatic heterocycles. The number of hydrogen-bond donors (Lipinski definition) is 1. The summed E-state index contributed by atoms with van der Waals surface area (Å²) < 4.78 is 5.36. The lowest BCUT2D eigenvalue weighted by molar-refractivity contribution is 0.145. The molecule has 0 radical (unpaired) electrons. The number of rotatable bonds is 6. The van der Waals surface area contributed by atoms with Gasteiger partial charge in [0.1, 0.15) is 0 Å². The van der Waals surface area contributed by atoms with E-state index in [4.69, 9.17) is 4.74 Å². The molecule has 0 atom stereocenters. The number of nitrogens with one attached hydrogen (secondary N) is 1. The number of nitrogens with zero attached hydrogens (tertiary/aromatic N) is 3. The van der Waals surface area contributed by atoms with Crippen LogP contribution in [0, 0.1) is 0 Å². The van der Waals surface area contributed by atoms with E-state index in [1.54, 1.807) is 0 Å². The van der Waals surface area contributed by atoms with Gasteiger partial charge in [0.05, 0.1) is 0 Å². The predicted octanol–water partition coefficient (Wildman–Crippen LogP) is 1.81. The first-order valence-electron chi connectivity index (χ1n) is 8.18. The first-order chi connectivity index (χ1) is 10.8. The van der Waals surface area contributed by atoms with Crippen LogP contribution in [0.25, 0.3) is 0 Å². The monoisotopic (exact) mass is 304 g/mol. The Kier molecular flexibility index (Phi) is 7.03. The summed E-state index contributed by atoms with van der Waals surface area (Å²) in [5.41, 5.74) is 1.31. The van der Waals surface area contributed by atoms with E-state index in [1.807, 2.05) is 14.0 Å². The highest BCUT2D eigenvalue weighted by Crippen LogP contribution is 2.15. The molecule has 1 aliphatic rings. The van der Waals surface area contributed by atoms with E-state index in [-0.39, 0.29) is 0 Å². The van der Waals surface area contributed by atoms with Gasteiger partial charge in [0, 0.05) is 58.7 Å². The van der Waals surface area contributed by atoms with E-state index >= 15 is 0 Å². The van der Waals surface area contributed by atoms with E-state index in [9.17, 15) is 0 Å². The van der Waals surface area contributed by atoms with Crippen molar-refractivity contribution in [1.82, 2.24) is 10.2 Å². The third-order valence-corrected chi connectivity index (χ3v) is 3.87. The Labute approximate surface area is 134 Å². The minimum absolute atomic E-state index is 0.788. The van der Waals surface area contributed by atoms with Crippen molar-refractivity contribution >= 4 is 11.6 Å². The number of aliphatic imine (C=N–C) groups is 1. The number of piperazine rings is 1. The van der Waals surface area contributed by atoms with Gasteiger partial charge in [0.15, 0.2) is 5.96 Å². The van der Waals surface area contributed by atoms with E-state index in [1.165, 1.54) is 5.69 Å². The SMILES string of the molecule is CCOCCCNC(=NC)N1CCN(c2ccccc2)CC1. The van der Waals surface area contributed by atoms with E-state index in [0.29, 0.717) is 0 Å². The summed E-state index contributed by atoms with van der Waals surface area (Å²) in [7, 11) is 1.86. The zero-order chi connectivity index (χ0) is 15.6. The molecule has 1 fully saturated rings. The van der Waals surface area contributed by atoms with Crippen LogP contribution in [-0.4, -0.2) is 63.8 Å². The normalized spacial score (nSPS) is 16.0. The smallest absolute Gasteiger partial charge is 0.193 e. The maximum absolute atomic E-state index is 5.36. The van der Waals surface area contributed by atoms with E-state index in [2.05, 4.69) is 50.4 Å². The molecule has 1 saturated heterocycles. The van der Waals surface area contributed by atoms with Gasteiger partial charge in [0.2, 0.25) is 0 Å². The van der Waals surface area contributed by atoms with Gasteiger partial charge >= 0.3 is 0 Å². The maximum Gasteiger partial charge on any atom is 0.193 e. The Morgan fingerprint density at radius 2 is 1.91 bits per heavy atom. The van der Waals surface area contributed by atoms with Gasteiger partial charge in [0.25, 0.3) is 0 Å². The van der Waals surface area contributed by atoms with Gasteiger partial charge in [-0.25, -0.2) is 0 Å². The number of para-hydroxylation sites is 1. The molecule has 5 heteroatoms. The number of ether oxygens (including phenoxy) is 1. The zero-order valence-electron chi connectivity index (χ0n) is 13.8. The second kappa shape index (κ2) is 9.30. The molecular weight excluding hydrogens is 276 g/mol. The summed E-state index contributed by atoms with van der Waals surface area (Å²) >= 11 is 0. The lowest BCUT2D eigenvalue weighted by atomic mass is 10.2. The van der Waals surface area contributed by atoms with Crippen LogP contribution >= 0.6 is 0 Å². The van der Waals surface area contributed by atoms with Crippen LogP contribution in [-0.2, 0) is 4.74 Å². The molecule has 0 aromatic heterocycles. The Morgan fingerprint density at radius 3 is 2.55 bits per heavy atom. The van der Waals surface area contributed by atoms with Crippen LogP contribution in [0.1, 0.15) is 13.3 Å². The first-order valence-corrected chi connectivity index (χ1v) is 8.18. The van der Waals surface area contributed by atoms with Crippen molar-refractivity contribution in [2.75, 3.05) is 57.9 Å². The third-order valence-electron chi connectivity index (χ3n) is 3.87. The second-order valence-corrected chi connectivity index (χ2v) is 5.33. The lowest BCUT2D eigenvalue weighted by Crippen LogP contribution is -2.52. The molecule has 5 nitrogen and oxygen atoms in total. The largest absolute Gasteiger partial charge is 0.382 e. The van der Waals surface area contributed by atoms with Crippen LogP contribution in [0.5, 0.6) is 0 Å². The molecule has 1 heterocycles. The van der Waals surface area contributed by atoms with E-state index < -0.39 is 0 Å². The number of anilines is 1. The van der Waals surface area contributed by atoms with Gasteiger partial charge in [-0.2, -0.15) is 0 Å². The molecule has 0 unspecified atom stereocenters. The minimum atomic E-state index is 0.788. The summed E-state index contributed by atoms with van der Waals surface area (Å²) in [6.07, 6.45) is 1.01. The number of guanidine groups is 1. The predicted molar refractivity (Wildman–Crippen MR) is 92.7 cm³/mol. The molecule has 122 valence electrons. The molecule has 0 saturated carbocycles. The summed E-state index contributed by atoms with van der Waals surface area (Å²) in [4.78, 5) is 9.16. The maximum atomic E-state index is 5.36. The summed E-state index contributed by atoms with van der Waals surface area (Å²) in [5.74, 6) is 1.00. The Hall–Kier alpha value is -1.75. The Balaban J connectivity index is 1.75. The Bertz CT molecular complexity index is 441. The average Bonchev–Trinajstić information content (AvgIpc) is 2.59. The molecule has 0 bridgehead atoms. The van der Waals surface area contributed by atoms with Crippen LogP contribution in [0.3, 0.4) is 0 Å². The fourth-order valence-electron chi connectivity index (χ4n) is 2.67. The van der Waals surface area contributed by atoms with Gasteiger partial charge < -0.3 is 19.9 Å². The highest BCUT2D eigenvalue weighted by molar-refractivity contribution is 5.80. The quantitative estimate of drug-likeness (QED) is 0.494. The van der Waals surface area contributed by atoms with Crippen molar-refractivity contribution in [1.29, 1.82) is 0 Å². The third kappa shape index (κ3) is 4.91.